The summed E-state index contributed by atoms with van der Waals surface area (Å²) in [5, 5.41) is 2.34. The van der Waals surface area contributed by atoms with E-state index in [9.17, 15) is 0 Å². The Morgan fingerprint density at radius 1 is 1.44 bits per heavy atom. The van der Waals surface area contributed by atoms with Crippen LogP contribution in [0.15, 0.2) is 22.6 Å². The average molecular weight is 136 g/mol. The molecule has 0 aromatic carbocycles. The van der Waals surface area contributed by atoms with E-state index in [1.807, 2.05) is 11.8 Å². The van der Waals surface area contributed by atoms with Crippen LogP contribution in [0.3, 0.4) is 0 Å². The van der Waals surface area contributed by atoms with Crippen molar-refractivity contribution < 1.29 is 0 Å². The van der Waals surface area contributed by atoms with Gasteiger partial charge in [-0.1, -0.05) is 11.6 Å². The van der Waals surface area contributed by atoms with Crippen molar-refractivity contribution in [3.8, 4) is 0 Å². The normalized spacial score (nSPS) is 43.6. The average Bonchev–Trinajstić information content (AvgIpc) is 2.38. The summed E-state index contributed by atoms with van der Waals surface area (Å²) in [6.07, 6.45) is 3.83. The number of fused-ring (bicyclic) bond motifs is 3. The molecular weight excluding hydrogens is 128 g/mol. The van der Waals surface area contributed by atoms with E-state index in [4.69, 9.17) is 0 Å². The fourth-order valence-corrected chi connectivity index (χ4v) is 3.06. The molecule has 1 heterocycles. The van der Waals surface area contributed by atoms with E-state index in [0.29, 0.717) is 0 Å². The molecular formula is C8H8S. The van der Waals surface area contributed by atoms with Gasteiger partial charge in [0.15, 0.2) is 0 Å². The molecule has 46 valence electrons. The molecule has 0 bridgehead atoms. The minimum atomic E-state index is 0.949. The third-order valence-electron chi connectivity index (χ3n) is 2.53. The molecule has 3 rings (SSSR count). The molecule has 1 fully saturated rings. The Balaban J connectivity index is 2.12. The third kappa shape index (κ3) is 0.469. The van der Waals surface area contributed by atoms with Crippen LogP contribution < -0.4 is 0 Å². The molecule has 1 heteroatoms. The van der Waals surface area contributed by atoms with Crippen molar-refractivity contribution >= 4 is 11.8 Å². The van der Waals surface area contributed by atoms with Crippen molar-refractivity contribution in [2.75, 3.05) is 5.75 Å². The van der Waals surface area contributed by atoms with E-state index in [0.717, 1.165) is 11.8 Å². The molecule has 0 spiro atoms. The van der Waals surface area contributed by atoms with Gasteiger partial charge < -0.3 is 0 Å². The molecule has 0 radical (unpaired) electrons. The zero-order chi connectivity index (χ0) is 5.84. The second-order valence-electron chi connectivity index (χ2n) is 3.09. The fourth-order valence-electron chi connectivity index (χ4n) is 1.90. The van der Waals surface area contributed by atoms with E-state index < -0.39 is 0 Å². The number of thioether (sulfide) groups is 1. The SMILES string of the molecule is C1=C2C=C3CC3C2CS1. The lowest BCUT2D eigenvalue weighted by atomic mass is 10.0. The second kappa shape index (κ2) is 1.29. The van der Waals surface area contributed by atoms with E-state index in [2.05, 4.69) is 11.5 Å². The summed E-state index contributed by atoms with van der Waals surface area (Å²) in [6.45, 7) is 0. The van der Waals surface area contributed by atoms with Gasteiger partial charge in [0.1, 0.15) is 0 Å². The lowest BCUT2D eigenvalue weighted by molar-refractivity contribution is 0.658. The van der Waals surface area contributed by atoms with E-state index in [-0.39, 0.29) is 0 Å². The Labute approximate surface area is 59.0 Å². The van der Waals surface area contributed by atoms with Gasteiger partial charge >= 0.3 is 0 Å². The highest BCUT2D eigenvalue weighted by Gasteiger charge is 2.44. The molecule has 2 atom stereocenters. The molecule has 1 saturated carbocycles. The summed E-state index contributed by atoms with van der Waals surface area (Å²) in [4.78, 5) is 0. The van der Waals surface area contributed by atoms with Gasteiger partial charge in [-0.3, -0.25) is 0 Å². The predicted octanol–water partition coefficient (Wildman–Crippen LogP) is 2.19. The molecule has 0 nitrogen and oxygen atoms in total. The summed E-state index contributed by atoms with van der Waals surface area (Å²) in [6, 6.07) is 0. The minimum Gasteiger partial charge on any atom is -0.133 e. The fraction of sp³-hybridized carbons (Fsp3) is 0.500. The van der Waals surface area contributed by atoms with Gasteiger partial charge in [-0.25, -0.2) is 0 Å². The Bertz CT molecular complexity index is 225. The summed E-state index contributed by atoms with van der Waals surface area (Å²) < 4.78 is 0. The first-order valence-electron chi connectivity index (χ1n) is 3.47. The van der Waals surface area contributed by atoms with Crippen molar-refractivity contribution in [3.05, 3.63) is 22.6 Å². The lowest BCUT2D eigenvalue weighted by Crippen LogP contribution is -1.99. The van der Waals surface area contributed by atoms with Crippen molar-refractivity contribution in [3.63, 3.8) is 0 Å². The van der Waals surface area contributed by atoms with Crippen molar-refractivity contribution in [2.24, 2.45) is 11.8 Å². The highest BCUT2D eigenvalue weighted by atomic mass is 32.2. The van der Waals surface area contributed by atoms with Gasteiger partial charge in [0.05, 0.1) is 0 Å². The number of hydrogen-bond donors (Lipinski definition) is 0. The molecule has 1 aliphatic heterocycles. The maximum absolute atomic E-state index is 2.41. The molecule has 2 aliphatic carbocycles. The molecule has 0 aromatic heterocycles. The summed E-state index contributed by atoms with van der Waals surface area (Å²) in [7, 11) is 0. The van der Waals surface area contributed by atoms with Crippen molar-refractivity contribution in [2.45, 2.75) is 6.42 Å². The van der Waals surface area contributed by atoms with Crippen LogP contribution in [-0.2, 0) is 0 Å². The van der Waals surface area contributed by atoms with Crippen LogP contribution in [-0.4, -0.2) is 5.75 Å². The standard InChI is InChI=1S/C8H8S/c1-5-2-7(5)8-4-9-3-6(1)8/h1,3,7-8H,2,4H2. The number of hydrogen-bond acceptors (Lipinski definition) is 1. The first kappa shape index (κ1) is 4.62. The van der Waals surface area contributed by atoms with Gasteiger partial charge in [-0.2, -0.15) is 0 Å². The van der Waals surface area contributed by atoms with Crippen LogP contribution in [0.25, 0.3) is 0 Å². The van der Waals surface area contributed by atoms with Gasteiger partial charge in [0, 0.05) is 11.7 Å². The largest absolute Gasteiger partial charge is 0.133 e. The number of rotatable bonds is 0. The Morgan fingerprint density at radius 2 is 2.44 bits per heavy atom. The summed E-state index contributed by atoms with van der Waals surface area (Å²) >= 11 is 1.99. The topological polar surface area (TPSA) is 0 Å². The monoisotopic (exact) mass is 136 g/mol. The highest BCUT2D eigenvalue weighted by molar-refractivity contribution is 8.02. The molecule has 0 N–H and O–H groups in total. The Morgan fingerprint density at radius 3 is 3.33 bits per heavy atom. The smallest absolute Gasteiger partial charge is 0.00492 e. The van der Waals surface area contributed by atoms with Gasteiger partial charge in [0.2, 0.25) is 0 Å². The van der Waals surface area contributed by atoms with Crippen LogP contribution in [0, 0.1) is 11.8 Å². The quantitative estimate of drug-likeness (QED) is 0.492. The van der Waals surface area contributed by atoms with Crippen molar-refractivity contribution in [1.29, 1.82) is 0 Å². The molecule has 0 amide bonds. The van der Waals surface area contributed by atoms with Crippen LogP contribution >= 0.6 is 11.8 Å². The molecule has 0 aromatic rings. The molecule has 3 aliphatic rings. The number of allylic oxidation sites excluding steroid dienone is 3. The zero-order valence-electron chi connectivity index (χ0n) is 5.13. The van der Waals surface area contributed by atoms with E-state index >= 15 is 0 Å². The molecule has 0 saturated heterocycles. The lowest BCUT2D eigenvalue weighted by Gasteiger charge is -2.02. The first-order valence-corrected chi connectivity index (χ1v) is 4.52. The Hall–Kier alpha value is -0.170. The van der Waals surface area contributed by atoms with Gasteiger partial charge in [0.25, 0.3) is 0 Å². The maximum atomic E-state index is 2.41. The third-order valence-corrected chi connectivity index (χ3v) is 3.52. The van der Waals surface area contributed by atoms with Crippen LogP contribution in [0.5, 0.6) is 0 Å². The maximum Gasteiger partial charge on any atom is 0.00492 e. The first-order chi connectivity index (χ1) is 4.45. The Kier molecular flexibility index (Phi) is 0.661. The second-order valence-corrected chi connectivity index (χ2v) is 3.99. The van der Waals surface area contributed by atoms with Gasteiger partial charge in [-0.05, 0) is 23.3 Å². The minimum absolute atomic E-state index is 0.949. The van der Waals surface area contributed by atoms with E-state index in [1.165, 1.54) is 12.2 Å². The molecule has 2 unspecified atom stereocenters. The zero-order valence-corrected chi connectivity index (χ0v) is 5.95. The van der Waals surface area contributed by atoms with Gasteiger partial charge in [-0.15, -0.1) is 11.8 Å². The summed E-state index contributed by atoms with van der Waals surface area (Å²) in [5.41, 5.74) is 3.36. The van der Waals surface area contributed by atoms with Crippen LogP contribution in [0.2, 0.25) is 0 Å². The molecule has 9 heavy (non-hydrogen) atoms. The van der Waals surface area contributed by atoms with E-state index in [1.54, 1.807) is 11.1 Å². The highest BCUT2D eigenvalue weighted by Crippen LogP contribution is 2.56. The predicted molar refractivity (Wildman–Crippen MR) is 40.2 cm³/mol. The summed E-state index contributed by atoms with van der Waals surface area (Å²) in [5.74, 6) is 3.32. The van der Waals surface area contributed by atoms with Crippen molar-refractivity contribution in [1.82, 2.24) is 0 Å². The van der Waals surface area contributed by atoms with Crippen LogP contribution in [0.4, 0.5) is 0 Å². The van der Waals surface area contributed by atoms with Crippen LogP contribution in [0.1, 0.15) is 6.42 Å².